The topological polar surface area (TPSA) is 21.3 Å². The third kappa shape index (κ3) is 6.46. The largest absolute Gasteiger partial charge is 0.456 e. The number of fused-ring (bicyclic) bond motifs is 6. The molecule has 0 bridgehead atoms. The normalized spacial score (nSPS) is 11.5. The van der Waals surface area contributed by atoms with E-state index in [1.54, 1.807) is 0 Å². The summed E-state index contributed by atoms with van der Waals surface area (Å²) in [5.74, 6) is 0. The van der Waals surface area contributed by atoms with Crippen molar-refractivity contribution in [3.63, 3.8) is 0 Å². The summed E-state index contributed by atoms with van der Waals surface area (Å²) in [5.41, 5.74) is 17.7. The van der Waals surface area contributed by atoms with Crippen molar-refractivity contribution in [3.05, 3.63) is 243 Å². The van der Waals surface area contributed by atoms with Crippen molar-refractivity contribution in [3.8, 4) is 50.2 Å². The molecule has 3 heteroatoms. The van der Waals surface area contributed by atoms with Gasteiger partial charge in [0.1, 0.15) is 11.2 Å². The molecular formula is C60H40N2O. The van der Waals surface area contributed by atoms with E-state index in [4.69, 9.17) is 4.42 Å². The van der Waals surface area contributed by atoms with Gasteiger partial charge in [-0.25, -0.2) is 0 Å². The van der Waals surface area contributed by atoms with Crippen molar-refractivity contribution in [1.29, 1.82) is 0 Å². The highest BCUT2D eigenvalue weighted by Gasteiger charge is 2.21. The highest BCUT2D eigenvalue weighted by molar-refractivity contribution is 6.12. The lowest BCUT2D eigenvalue weighted by Crippen LogP contribution is -2.11. The van der Waals surface area contributed by atoms with Gasteiger partial charge in [0.05, 0.1) is 16.7 Å². The molecule has 0 saturated carbocycles. The van der Waals surface area contributed by atoms with Gasteiger partial charge in [-0.15, -0.1) is 0 Å². The number of furan rings is 1. The molecule has 296 valence electrons. The van der Waals surface area contributed by atoms with E-state index in [2.05, 4.69) is 240 Å². The molecule has 0 fully saturated rings. The van der Waals surface area contributed by atoms with Crippen LogP contribution >= 0.6 is 0 Å². The predicted molar refractivity (Wildman–Crippen MR) is 264 cm³/mol. The van der Waals surface area contributed by atoms with E-state index in [9.17, 15) is 0 Å². The van der Waals surface area contributed by atoms with Crippen LogP contribution in [0.2, 0.25) is 0 Å². The third-order valence-electron chi connectivity index (χ3n) is 12.4. The molecule has 0 radical (unpaired) electrons. The Morgan fingerprint density at radius 1 is 0.302 bits per heavy atom. The quantitative estimate of drug-likeness (QED) is 0.153. The van der Waals surface area contributed by atoms with Gasteiger partial charge in [0.25, 0.3) is 0 Å². The van der Waals surface area contributed by atoms with Crippen molar-refractivity contribution < 1.29 is 4.42 Å². The zero-order valence-electron chi connectivity index (χ0n) is 34.4. The zero-order chi connectivity index (χ0) is 41.7. The highest BCUT2D eigenvalue weighted by Crippen LogP contribution is 2.44. The second-order valence-electron chi connectivity index (χ2n) is 16.1. The minimum absolute atomic E-state index is 0.858. The van der Waals surface area contributed by atoms with Crippen molar-refractivity contribution in [2.75, 3.05) is 4.90 Å². The van der Waals surface area contributed by atoms with Crippen LogP contribution in [-0.4, -0.2) is 4.57 Å². The molecule has 0 N–H and O–H groups in total. The minimum atomic E-state index is 0.858. The highest BCUT2D eigenvalue weighted by atomic mass is 16.3. The lowest BCUT2D eigenvalue weighted by atomic mass is 10.00. The molecule has 0 aliphatic heterocycles. The molecule has 12 aromatic rings. The number of hydrogen-bond acceptors (Lipinski definition) is 2. The summed E-state index contributed by atoms with van der Waals surface area (Å²) < 4.78 is 8.90. The molecule has 0 unspecified atom stereocenters. The Bertz CT molecular complexity index is 3510. The van der Waals surface area contributed by atoms with E-state index in [0.717, 1.165) is 55.8 Å². The second-order valence-corrected chi connectivity index (χ2v) is 16.1. The van der Waals surface area contributed by atoms with Gasteiger partial charge in [-0.05, 0) is 112 Å². The van der Waals surface area contributed by atoms with Gasteiger partial charge >= 0.3 is 0 Å². The maximum absolute atomic E-state index is 6.47. The summed E-state index contributed by atoms with van der Waals surface area (Å²) in [6.45, 7) is 0. The van der Waals surface area contributed by atoms with Crippen molar-refractivity contribution >= 4 is 60.8 Å². The Labute approximate surface area is 366 Å². The lowest BCUT2D eigenvalue weighted by Gasteiger charge is -2.28. The third-order valence-corrected chi connectivity index (χ3v) is 12.4. The molecular weight excluding hydrogens is 765 g/mol. The molecule has 0 atom stereocenters. The first-order chi connectivity index (χ1) is 31.2. The standard InChI is InChI=1S/C60H40N2O/c1-4-15-41(16-5-1)44-27-31-48(32-28-44)61(50-33-34-53-52-24-11-13-26-59(52)63-60(53)40-50)56-25-12-10-23-51(56)47-21-14-22-49(37-47)62-57-35-29-45(42-17-6-2-7-18-42)38-54(57)55-39-46(30-36-58(55)62)43-19-8-3-9-20-43/h1-40H. The van der Waals surface area contributed by atoms with Crippen LogP contribution in [0.1, 0.15) is 0 Å². The molecule has 0 aliphatic carbocycles. The molecule has 3 nitrogen and oxygen atoms in total. The van der Waals surface area contributed by atoms with Crippen LogP contribution in [-0.2, 0) is 0 Å². The predicted octanol–water partition coefficient (Wildman–Crippen LogP) is 16.8. The Morgan fingerprint density at radius 3 is 1.48 bits per heavy atom. The van der Waals surface area contributed by atoms with Gasteiger partial charge in [0.15, 0.2) is 0 Å². The number of anilines is 3. The number of aromatic nitrogens is 1. The molecule has 0 saturated heterocycles. The first-order valence-electron chi connectivity index (χ1n) is 21.5. The van der Waals surface area contributed by atoms with Crippen molar-refractivity contribution in [1.82, 2.24) is 4.57 Å². The summed E-state index contributed by atoms with van der Waals surface area (Å²) in [4.78, 5) is 2.36. The molecule has 0 amide bonds. The fourth-order valence-electron chi connectivity index (χ4n) is 9.36. The molecule has 2 heterocycles. The Balaban J connectivity index is 1.02. The van der Waals surface area contributed by atoms with Gasteiger partial charge in [0, 0.05) is 50.2 Å². The summed E-state index contributed by atoms with van der Waals surface area (Å²) in [6.07, 6.45) is 0. The number of benzene rings is 10. The monoisotopic (exact) mass is 804 g/mol. The molecule has 0 spiro atoms. The fourth-order valence-corrected chi connectivity index (χ4v) is 9.36. The molecule has 0 aliphatic rings. The van der Waals surface area contributed by atoms with Gasteiger partial charge in [0.2, 0.25) is 0 Å². The van der Waals surface area contributed by atoms with Crippen LogP contribution in [0.15, 0.2) is 247 Å². The van der Waals surface area contributed by atoms with Crippen LogP contribution in [0.25, 0.3) is 93.9 Å². The Morgan fingerprint density at radius 2 is 0.810 bits per heavy atom. The fraction of sp³-hybridized carbons (Fsp3) is 0. The first kappa shape index (κ1) is 36.5. The van der Waals surface area contributed by atoms with E-state index in [1.807, 2.05) is 12.1 Å². The van der Waals surface area contributed by atoms with Crippen molar-refractivity contribution in [2.45, 2.75) is 0 Å². The summed E-state index contributed by atoms with van der Waals surface area (Å²) in [7, 11) is 0. The molecule has 10 aromatic carbocycles. The number of nitrogens with zero attached hydrogens (tertiary/aromatic N) is 2. The lowest BCUT2D eigenvalue weighted by molar-refractivity contribution is 0.669. The second kappa shape index (κ2) is 15.3. The van der Waals surface area contributed by atoms with Crippen LogP contribution in [0.5, 0.6) is 0 Å². The van der Waals surface area contributed by atoms with Gasteiger partial charge < -0.3 is 13.9 Å². The van der Waals surface area contributed by atoms with Gasteiger partial charge in [-0.2, -0.15) is 0 Å². The average Bonchev–Trinajstić information content (AvgIpc) is 3.90. The van der Waals surface area contributed by atoms with E-state index in [1.165, 1.54) is 55.2 Å². The minimum Gasteiger partial charge on any atom is -0.456 e. The maximum atomic E-state index is 6.47. The average molecular weight is 805 g/mol. The van der Waals surface area contributed by atoms with Crippen LogP contribution in [0.4, 0.5) is 17.1 Å². The van der Waals surface area contributed by atoms with Gasteiger partial charge in [-0.1, -0.05) is 164 Å². The van der Waals surface area contributed by atoms with Crippen LogP contribution in [0.3, 0.4) is 0 Å². The van der Waals surface area contributed by atoms with E-state index in [0.29, 0.717) is 0 Å². The van der Waals surface area contributed by atoms with Crippen LogP contribution in [0, 0.1) is 0 Å². The zero-order valence-corrected chi connectivity index (χ0v) is 34.4. The first-order valence-corrected chi connectivity index (χ1v) is 21.5. The van der Waals surface area contributed by atoms with Crippen molar-refractivity contribution in [2.24, 2.45) is 0 Å². The Hall–Kier alpha value is -8.40. The summed E-state index contributed by atoms with van der Waals surface area (Å²) in [5, 5.41) is 4.67. The molecule has 2 aromatic heterocycles. The van der Waals surface area contributed by atoms with Crippen LogP contribution < -0.4 is 4.90 Å². The molecule has 12 rings (SSSR count). The number of rotatable bonds is 8. The smallest absolute Gasteiger partial charge is 0.137 e. The number of para-hydroxylation sites is 2. The van der Waals surface area contributed by atoms with E-state index >= 15 is 0 Å². The van der Waals surface area contributed by atoms with E-state index < -0.39 is 0 Å². The summed E-state index contributed by atoms with van der Waals surface area (Å²) >= 11 is 0. The van der Waals surface area contributed by atoms with Gasteiger partial charge in [-0.3, -0.25) is 0 Å². The SMILES string of the molecule is c1ccc(-c2ccc(N(c3ccc4c(c3)oc3ccccc34)c3ccccc3-c3cccc(-n4c5ccc(-c6ccccc6)cc5c5cc(-c6ccccc6)ccc54)c3)cc2)cc1. The number of hydrogen-bond donors (Lipinski definition) is 0. The maximum Gasteiger partial charge on any atom is 0.137 e. The Kier molecular flexibility index (Phi) is 8.83. The van der Waals surface area contributed by atoms with E-state index in [-0.39, 0.29) is 0 Å². The summed E-state index contributed by atoms with van der Waals surface area (Å²) in [6, 6.07) is 87.2. The molecule has 63 heavy (non-hydrogen) atoms.